The number of hydrazone groups is 1. The van der Waals surface area contributed by atoms with E-state index in [2.05, 4.69) is 22.5 Å². The molecule has 1 aliphatic rings. The SMILES string of the molecule is C[C@H]1CCCCC1=NNC(=O)c1cn(-c2ccccc2)nc1-c1ccccc1. The first-order valence-electron chi connectivity index (χ1n) is 9.79. The number of hydrogen-bond acceptors (Lipinski definition) is 3. The monoisotopic (exact) mass is 372 g/mol. The molecule has 0 unspecified atom stereocenters. The maximum absolute atomic E-state index is 13.0. The second-order valence-electron chi connectivity index (χ2n) is 7.23. The van der Waals surface area contributed by atoms with Crippen molar-refractivity contribution in [1.29, 1.82) is 0 Å². The summed E-state index contributed by atoms with van der Waals surface area (Å²) in [6.07, 6.45) is 6.24. The number of para-hydroxylation sites is 1. The predicted molar refractivity (Wildman–Crippen MR) is 112 cm³/mol. The molecule has 1 N–H and O–H groups in total. The number of benzene rings is 2. The molecule has 4 rings (SSSR count). The highest BCUT2D eigenvalue weighted by atomic mass is 16.2. The van der Waals surface area contributed by atoms with E-state index in [1.807, 2.05) is 60.7 Å². The summed E-state index contributed by atoms with van der Waals surface area (Å²) >= 11 is 0. The molecule has 3 aromatic rings. The van der Waals surface area contributed by atoms with Crippen molar-refractivity contribution in [1.82, 2.24) is 15.2 Å². The molecule has 5 heteroatoms. The summed E-state index contributed by atoms with van der Waals surface area (Å²) in [4.78, 5) is 13.0. The molecule has 1 fully saturated rings. The van der Waals surface area contributed by atoms with Crippen LogP contribution in [-0.4, -0.2) is 21.4 Å². The van der Waals surface area contributed by atoms with E-state index in [1.165, 1.54) is 6.42 Å². The molecule has 1 atom stereocenters. The zero-order valence-corrected chi connectivity index (χ0v) is 16.0. The van der Waals surface area contributed by atoms with Gasteiger partial charge in [0, 0.05) is 17.5 Å². The fraction of sp³-hybridized carbons (Fsp3) is 0.261. The molecular formula is C23H24N4O. The largest absolute Gasteiger partial charge is 0.275 e. The fourth-order valence-corrected chi connectivity index (χ4v) is 3.58. The van der Waals surface area contributed by atoms with E-state index in [0.717, 1.165) is 36.2 Å². The lowest BCUT2D eigenvalue weighted by atomic mass is 9.89. The Labute approximate surface area is 165 Å². The minimum atomic E-state index is -0.230. The number of carbonyl (C=O) groups is 1. The van der Waals surface area contributed by atoms with Crippen LogP contribution in [0.4, 0.5) is 0 Å². The molecule has 1 heterocycles. The van der Waals surface area contributed by atoms with Gasteiger partial charge in [0.25, 0.3) is 5.91 Å². The van der Waals surface area contributed by atoms with Gasteiger partial charge in [-0.1, -0.05) is 61.9 Å². The Balaban J connectivity index is 1.67. The molecule has 0 spiro atoms. The zero-order valence-electron chi connectivity index (χ0n) is 16.0. The topological polar surface area (TPSA) is 59.3 Å². The Kier molecular flexibility index (Phi) is 5.33. The minimum absolute atomic E-state index is 0.230. The standard InChI is InChI=1S/C23H24N4O/c1-17-10-8-9-15-21(17)24-25-23(28)20-16-27(19-13-6-3-7-14-19)26-22(20)18-11-4-2-5-12-18/h2-7,11-14,16-17H,8-10,15H2,1H3,(H,25,28)/t17-/m0/s1. The number of amides is 1. The van der Waals surface area contributed by atoms with Crippen molar-refractivity contribution in [3.63, 3.8) is 0 Å². The van der Waals surface area contributed by atoms with Crippen LogP contribution in [0.15, 0.2) is 72.0 Å². The van der Waals surface area contributed by atoms with E-state index in [4.69, 9.17) is 0 Å². The molecule has 0 aliphatic heterocycles. The van der Waals surface area contributed by atoms with Crippen LogP contribution in [0.3, 0.4) is 0 Å². The Morgan fingerprint density at radius 3 is 2.50 bits per heavy atom. The van der Waals surface area contributed by atoms with Crippen LogP contribution in [0, 0.1) is 5.92 Å². The summed E-state index contributed by atoms with van der Waals surface area (Å²) in [5.74, 6) is 0.195. The molecule has 0 radical (unpaired) electrons. The van der Waals surface area contributed by atoms with Gasteiger partial charge in [-0.05, 0) is 37.3 Å². The van der Waals surface area contributed by atoms with Gasteiger partial charge in [-0.25, -0.2) is 10.1 Å². The summed E-state index contributed by atoms with van der Waals surface area (Å²) in [5.41, 5.74) is 6.83. The lowest BCUT2D eigenvalue weighted by molar-refractivity contribution is 0.0955. The first-order chi connectivity index (χ1) is 13.7. The average molecular weight is 372 g/mol. The third-order valence-corrected chi connectivity index (χ3v) is 5.22. The van der Waals surface area contributed by atoms with Crippen LogP contribution in [0.1, 0.15) is 43.0 Å². The molecule has 0 saturated heterocycles. The Bertz CT molecular complexity index is 976. The van der Waals surface area contributed by atoms with Gasteiger partial charge < -0.3 is 0 Å². The number of aromatic nitrogens is 2. The van der Waals surface area contributed by atoms with Gasteiger partial charge in [-0.3, -0.25) is 4.79 Å². The lowest BCUT2D eigenvalue weighted by Crippen LogP contribution is -2.24. The average Bonchev–Trinajstić information content (AvgIpc) is 3.20. The van der Waals surface area contributed by atoms with Crippen molar-refractivity contribution in [2.75, 3.05) is 0 Å². The van der Waals surface area contributed by atoms with E-state index in [9.17, 15) is 4.79 Å². The van der Waals surface area contributed by atoms with Gasteiger partial charge in [0.15, 0.2) is 0 Å². The highest BCUT2D eigenvalue weighted by Crippen LogP contribution is 2.24. The third kappa shape index (κ3) is 3.88. The van der Waals surface area contributed by atoms with Crippen molar-refractivity contribution in [3.8, 4) is 16.9 Å². The zero-order chi connectivity index (χ0) is 19.3. The Morgan fingerprint density at radius 2 is 1.79 bits per heavy atom. The normalized spacial score (nSPS) is 18.2. The van der Waals surface area contributed by atoms with Crippen LogP contribution in [-0.2, 0) is 0 Å². The van der Waals surface area contributed by atoms with Gasteiger partial charge in [0.2, 0.25) is 0 Å². The number of hydrogen-bond donors (Lipinski definition) is 1. The highest BCUT2D eigenvalue weighted by molar-refractivity contribution is 6.00. The van der Waals surface area contributed by atoms with Crippen LogP contribution >= 0.6 is 0 Å². The predicted octanol–water partition coefficient (Wildman–Crippen LogP) is 4.84. The Morgan fingerprint density at radius 1 is 1.07 bits per heavy atom. The molecule has 0 bridgehead atoms. The molecule has 1 saturated carbocycles. The fourth-order valence-electron chi connectivity index (χ4n) is 3.58. The third-order valence-electron chi connectivity index (χ3n) is 5.22. The molecule has 142 valence electrons. The summed E-state index contributed by atoms with van der Waals surface area (Å²) in [7, 11) is 0. The van der Waals surface area contributed by atoms with Gasteiger partial charge in [0.05, 0.1) is 11.3 Å². The van der Waals surface area contributed by atoms with Crippen molar-refractivity contribution in [3.05, 3.63) is 72.4 Å². The number of nitrogens with zero attached hydrogens (tertiary/aromatic N) is 3. The van der Waals surface area contributed by atoms with Crippen LogP contribution < -0.4 is 5.43 Å². The maximum Gasteiger partial charge on any atom is 0.275 e. The number of carbonyl (C=O) groups excluding carboxylic acids is 1. The first kappa shape index (κ1) is 18.2. The quantitative estimate of drug-likeness (QED) is 0.667. The molecule has 2 aromatic carbocycles. The van der Waals surface area contributed by atoms with E-state index >= 15 is 0 Å². The van der Waals surface area contributed by atoms with Crippen molar-refractivity contribution in [2.45, 2.75) is 32.6 Å². The highest BCUT2D eigenvalue weighted by Gasteiger charge is 2.20. The van der Waals surface area contributed by atoms with E-state index in [-0.39, 0.29) is 5.91 Å². The van der Waals surface area contributed by atoms with Crippen LogP contribution in [0.5, 0.6) is 0 Å². The van der Waals surface area contributed by atoms with Gasteiger partial charge in [0.1, 0.15) is 5.69 Å². The van der Waals surface area contributed by atoms with Crippen LogP contribution in [0.25, 0.3) is 16.9 Å². The summed E-state index contributed by atoms with van der Waals surface area (Å²) in [6.45, 7) is 2.17. The summed E-state index contributed by atoms with van der Waals surface area (Å²) < 4.78 is 1.74. The molecule has 5 nitrogen and oxygen atoms in total. The molecule has 1 aromatic heterocycles. The van der Waals surface area contributed by atoms with E-state index < -0.39 is 0 Å². The Hall–Kier alpha value is -3.21. The van der Waals surface area contributed by atoms with Gasteiger partial charge in [-0.2, -0.15) is 10.2 Å². The molecule has 1 amide bonds. The summed E-state index contributed by atoms with van der Waals surface area (Å²) in [5, 5.41) is 9.13. The van der Waals surface area contributed by atoms with Crippen LogP contribution in [0.2, 0.25) is 0 Å². The molecule has 28 heavy (non-hydrogen) atoms. The lowest BCUT2D eigenvalue weighted by Gasteiger charge is -2.19. The smallest absolute Gasteiger partial charge is 0.267 e. The number of rotatable bonds is 4. The maximum atomic E-state index is 13.0. The summed E-state index contributed by atoms with van der Waals surface area (Å²) in [6, 6.07) is 19.6. The van der Waals surface area contributed by atoms with Gasteiger partial charge in [-0.15, -0.1) is 0 Å². The molecular weight excluding hydrogens is 348 g/mol. The number of nitrogens with one attached hydrogen (secondary N) is 1. The van der Waals surface area contributed by atoms with Crippen molar-refractivity contribution < 1.29 is 4.79 Å². The second-order valence-corrected chi connectivity index (χ2v) is 7.23. The van der Waals surface area contributed by atoms with Crippen molar-refractivity contribution in [2.24, 2.45) is 11.0 Å². The first-order valence-corrected chi connectivity index (χ1v) is 9.79. The minimum Gasteiger partial charge on any atom is -0.267 e. The molecule has 1 aliphatic carbocycles. The van der Waals surface area contributed by atoms with Gasteiger partial charge >= 0.3 is 0 Å². The van der Waals surface area contributed by atoms with E-state index in [0.29, 0.717) is 17.2 Å². The van der Waals surface area contributed by atoms with Crippen molar-refractivity contribution >= 4 is 11.6 Å². The van der Waals surface area contributed by atoms with E-state index in [1.54, 1.807) is 10.9 Å². The second kappa shape index (κ2) is 8.21.